The predicted octanol–water partition coefficient (Wildman–Crippen LogP) is 0.219. The molecule has 1 aromatic heterocycles. The maximum atomic E-state index is 12.0. The molecule has 2 atom stereocenters. The molecule has 23 heavy (non-hydrogen) atoms. The molecule has 2 heterocycles. The Morgan fingerprint density at radius 2 is 2.13 bits per heavy atom. The third-order valence-electron chi connectivity index (χ3n) is 3.89. The van der Waals surface area contributed by atoms with Crippen LogP contribution < -0.4 is 0 Å². The zero-order valence-electron chi connectivity index (χ0n) is 13.4. The molecule has 9 heteroatoms. The highest BCUT2D eigenvalue weighted by atomic mass is 32.2. The second-order valence-corrected chi connectivity index (χ2v) is 9.24. The summed E-state index contributed by atoms with van der Waals surface area (Å²) in [5.74, 6) is -0.727. The van der Waals surface area contributed by atoms with E-state index in [-0.39, 0.29) is 17.6 Å². The van der Waals surface area contributed by atoms with Gasteiger partial charge in [0.15, 0.2) is 0 Å². The number of rotatable bonds is 6. The average Bonchev–Trinajstić information content (AvgIpc) is 3.05. The van der Waals surface area contributed by atoms with E-state index in [1.54, 1.807) is 6.07 Å². The highest BCUT2D eigenvalue weighted by Crippen LogP contribution is 2.24. The fourth-order valence-electron chi connectivity index (χ4n) is 2.55. The van der Waals surface area contributed by atoms with Crippen molar-refractivity contribution >= 4 is 27.3 Å². The lowest BCUT2D eigenvalue weighted by Crippen LogP contribution is -2.33. The van der Waals surface area contributed by atoms with E-state index >= 15 is 0 Å². The molecule has 2 rings (SSSR count). The van der Waals surface area contributed by atoms with Crippen molar-refractivity contribution in [2.24, 2.45) is 5.92 Å². The summed E-state index contributed by atoms with van der Waals surface area (Å²) >= 11 is 1.35. The van der Waals surface area contributed by atoms with Gasteiger partial charge in [0.05, 0.1) is 19.0 Å². The fourth-order valence-corrected chi connectivity index (χ4v) is 4.68. The van der Waals surface area contributed by atoms with Gasteiger partial charge in [0.1, 0.15) is 4.88 Å². The van der Waals surface area contributed by atoms with Gasteiger partial charge in [-0.05, 0) is 12.1 Å². The van der Waals surface area contributed by atoms with Crippen molar-refractivity contribution in [3.05, 3.63) is 21.9 Å². The van der Waals surface area contributed by atoms with Crippen molar-refractivity contribution in [1.29, 1.82) is 0 Å². The molecular weight excluding hydrogens is 340 g/mol. The molecular formula is C14H22N2O5S2. The molecule has 0 aliphatic carbocycles. The number of esters is 1. The number of ether oxygens (including phenoxy) is 1. The van der Waals surface area contributed by atoms with Crippen LogP contribution in [0.2, 0.25) is 0 Å². The molecule has 0 aromatic carbocycles. The highest BCUT2D eigenvalue weighted by Gasteiger charge is 2.35. The van der Waals surface area contributed by atoms with Crippen LogP contribution in [0.1, 0.15) is 14.5 Å². The molecule has 0 amide bonds. The molecule has 1 saturated heterocycles. The molecule has 0 spiro atoms. The van der Waals surface area contributed by atoms with E-state index < -0.39 is 16.1 Å². The van der Waals surface area contributed by atoms with E-state index in [4.69, 9.17) is 0 Å². The number of carbonyl (C=O) groups excluding carboxylic acids is 1. The van der Waals surface area contributed by atoms with Crippen molar-refractivity contribution in [2.75, 3.05) is 40.0 Å². The van der Waals surface area contributed by atoms with Crippen LogP contribution in [0.25, 0.3) is 0 Å². The Bertz CT molecular complexity index is 656. The molecule has 7 nitrogen and oxygen atoms in total. The smallest absolute Gasteiger partial charge is 0.348 e. The predicted molar refractivity (Wildman–Crippen MR) is 87.9 cm³/mol. The molecule has 1 aliphatic rings. The summed E-state index contributed by atoms with van der Waals surface area (Å²) < 4.78 is 29.8. The first-order valence-corrected chi connectivity index (χ1v) is 9.63. The van der Waals surface area contributed by atoms with Gasteiger partial charge < -0.3 is 9.84 Å². The number of aliphatic hydroxyl groups is 1. The maximum Gasteiger partial charge on any atom is 0.348 e. The van der Waals surface area contributed by atoms with E-state index in [0.717, 1.165) is 4.88 Å². The monoisotopic (exact) mass is 362 g/mol. The van der Waals surface area contributed by atoms with Crippen LogP contribution in [-0.2, 0) is 21.3 Å². The van der Waals surface area contributed by atoms with Crippen LogP contribution in [0.15, 0.2) is 12.1 Å². The van der Waals surface area contributed by atoms with Crippen LogP contribution in [0, 0.1) is 5.92 Å². The van der Waals surface area contributed by atoms with Gasteiger partial charge in [-0.3, -0.25) is 4.90 Å². The number of likely N-dealkylation sites (tertiary alicyclic amines) is 1. The third kappa shape index (κ3) is 4.51. The SMILES string of the molecule is COC(=O)c1ccc(CN2C[C@@H](CS(=O)(=O)N(C)C)[C@H](O)C2)s1. The summed E-state index contributed by atoms with van der Waals surface area (Å²) in [6, 6.07) is 3.57. The minimum Gasteiger partial charge on any atom is -0.465 e. The van der Waals surface area contributed by atoms with Crippen LogP contribution in [-0.4, -0.2) is 74.9 Å². The van der Waals surface area contributed by atoms with Crippen molar-refractivity contribution in [3.63, 3.8) is 0 Å². The molecule has 0 bridgehead atoms. The number of hydrogen-bond acceptors (Lipinski definition) is 7. The van der Waals surface area contributed by atoms with Crippen LogP contribution in [0.5, 0.6) is 0 Å². The lowest BCUT2D eigenvalue weighted by Gasteiger charge is -2.17. The van der Waals surface area contributed by atoms with Crippen molar-refractivity contribution in [2.45, 2.75) is 12.6 Å². The number of thiophene rings is 1. The molecule has 0 saturated carbocycles. The summed E-state index contributed by atoms with van der Waals surface area (Å²) in [4.78, 5) is 15.0. The van der Waals surface area contributed by atoms with Gasteiger partial charge in [-0.1, -0.05) is 0 Å². The van der Waals surface area contributed by atoms with Crippen molar-refractivity contribution < 1.29 is 23.1 Å². The second-order valence-electron chi connectivity index (χ2n) is 5.84. The number of methoxy groups -OCH3 is 1. The van der Waals surface area contributed by atoms with Gasteiger partial charge in [-0.25, -0.2) is 17.5 Å². The van der Waals surface area contributed by atoms with Crippen LogP contribution in [0.4, 0.5) is 0 Å². The van der Waals surface area contributed by atoms with E-state index in [9.17, 15) is 18.3 Å². The normalized spacial score (nSPS) is 22.7. The molecule has 0 unspecified atom stereocenters. The van der Waals surface area contributed by atoms with Gasteiger partial charge >= 0.3 is 5.97 Å². The third-order valence-corrected chi connectivity index (χ3v) is 6.90. The fraction of sp³-hybridized carbons (Fsp3) is 0.643. The van der Waals surface area contributed by atoms with Gasteiger partial charge in [0, 0.05) is 44.5 Å². The van der Waals surface area contributed by atoms with E-state index in [2.05, 4.69) is 4.74 Å². The Morgan fingerprint density at radius 1 is 1.43 bits per heavy atom. The van der Waals surface area contributed by atoms with Gasteiger partial charge in [-0.15, -0.1) is 11.3 Å². The Hall–Kier alpha value is -1.00. The lowest BCUT2D eigenvalue weighted by molar-refractivity contribution is 0.0606. The average molecular weight is 362 g/mol. The second kappa shape index (κ2) is 7.27. The summed E-state index contributed by atoms with van der Waals surface area (Å²) in [7, 11) is 0.997. The Morgan fingerprint density at radius 3 is 2.74 bits per heavy atom. The molecule has 1 N–H and O–H groups in total. The van der Waals surface area contributed by atoms with Crippen molar-refractivity contribution in [1.82, 2.24) is 9.21 Å². The van der Waals surface area contributed by atoms with Gasteiger partial charge in [0.2, 0.25) is 10.0 Å². The zero-order valence-corrected chi connectivity index (χ0v) is 15.1. The summed E-state index contributed by atoms with van der Waals surface area (Å²) in [5.41, 5.74) is 0. The summed E-state index contributed by atoms with van der Waals surface area (Å²) in [5, 5.41) is 10.1. The Balaban J connectivity index is 1.96. The minimum atomic E-state index is -3.33. The van der Waals surface area contributed by atoms with Crippen LogP contribution in [0.3, 0.4) is 0 Å². The number of aliphatic hydroxyl groups excluding tert-OH is 1. The number of nitrogens with zero attached hydrogens (tertiary/aromatic N) is 2. The molecule has 1 aromatic rings. The molecule has 0 radical (unpaired) electrons. The standard InChI is InChI=1S/C14H22N2O5S2/c1-15(2)23(19,20)9-10-6-16(8-12(10)17)7-11-4-5-13(22-11)14(18)21-3/h4-5,10,12,17H,6-9H2,1-3H3/t10-,12+/m0/s1. The summed E-state index contributed by atoms with van der Waals surface area (Å²) in [6.07, 6.45) is -0.662. The maximum absolute atomic E-state index is 12.0. The van der Waals surface area contributed by atoms with Crippen LogP contribution >= 0.6 is 11.3 Å². The van der Waals surface area contributed by atoms with Gasteiger partial charge in [-0.2, -0.15) is 0 Å². The first-order valence-electron chi connectivity index (χ1n) is 7.20. The van der Waals surface area contributed by atoms with E-state index in [1.807, 2.05) is 11.0 Å². The quantitative estimate of drug-likeness (QED) is 0.729. The molecule has 1 fully saturated rings. The zero-order chi connectivity index (χ0) is 17.2. The molecule has 1 aliphatic heterocycles. The topological polar surface area (TPSA) is 87.2 Å². The van der Waals surface area contributed by atoms with E-state index in [0.29, 0.717) is 24.5 Å². The summed E-state index contributed by atoms with van der Waals surface area (Å²) in [6.45, 7) is 1.52. The number of β-amino-alcohol motifs (C(OH)–C–C–N with tert-alkyl or cyclic N) is 1. The van der Waals surface area contributed by atoms with E-state index in [1.165, 1.54) is 36.8 Å². The first kappa shape index (κ1) is 18.3. The van der Waals surface area contributed by atoms with Crippen molar-refractivity contribution in [3.8, 4) is 0 Å². The number of sulfonamides is 1. The lowest BCUT2D eigenvalue weighted by atomic mass is 10.1. The Kier molecular flexibility index (Phi) is 5.79. The van der Waals surface area contributed by atoms with Gasteiger partial charge in [0.25, 0.3) is 0 Å². The first-order chi connectivity index (χ1) is 10.7. The minimum absolute atomic E-state index is 0.0600. The Labute approximate surface area is 140 Å². The number of hydrogen-bond donors (Lipinski definition) is 1. The largest absolute Gasteiger partial charge is 0.465 e. The molecule has 130 valence electrons. The highest BCUT2D eigenvalue weighted by molar-refractivity contribution is 7.89. The number of carbonyl (C=O) groups is 1.